The Morgan fingerprint density at radius 2 is 2.17 bits per heavy atom. The van der Waals surface area contributed by atoms with Crippen molar-refractivity contribution < 1.29 is 0 Å². The quantitative estimate of drug-likeness (QED) is 0.347. The normalized spacial score (nSPS) is 9.75. The third-order valence-electron chi connectivity index (χ3n) is 1.82. The minimum Gasteiger partial charge on any atom is -0.398 e. The summed E-state index contributed by atoms with van der Waals surface area (Å²) in [5.74, 6) is 0.0304. The molecule has 0 aliphatic rings. The van der Waals surface area contributed by atoms with E-state index in [1.54, 1.807) is 6.07 Å². The van der Waals surface area contributed by atoms with Gasteiger partial charge >= 0.3 is 0 Å². The van der Waals surface area contributed by atoms with Crippen LogP contribution in [0.2, 0.25) is 0 Å². The summed E-state index contributed by atoms with van der Waals surface area (Å²) in [6, 6.07) is 5.59. The average Bonchev–Trinajstić information content (AvgIpc) is 2.05. The summed E-state index contributed by atoms with van der Waals surface area (Å²) in [6.45, 7) is 2.05. The number of benzene rings is 1. The highest BCUT2D eigenvalue weighted by Crippen LogP contribution is 2.13. The lowest BCUT2D eigenvalue weighted by molar-refractivity contribution is 1.14. The zero-order valence-corrected chi connectivity index (χ0v) is 7.09. The van der Waals surface area contributed by atoms with Crippen LogP contribution in [-0.4, -0.2) is 5.84 Å². The molecule has 0 atom stereocenters. The van der Waals surface area contributed by atoms with E-state index in [1.165, 1.54) is 0 Å². The maximum atomic E-state index is 7.25. The van der Waals surface area contributed by atoms with Crippen molar-refractivity contribution in [3.05, 3.63) is 29.3 Å². The highest BCUT2D eigenvalue weighted by molar-refractivity contribution is 5.99. The van der Waals surface area contributed by atoms with Crippen LogP contribution in [-0.2, 0) is 6.42 Å². The van der Waals surface area contributed by atoms with Gasteiger partial charge in [0.2, 0.25) is 0 Å². The van der Waals surface area contributed by atoms with E-state index in [9.17, 15) is 0 Å². The number of aryl methyl sites for hydroxylation is 1. The standard InChI is InChI=1S/C9H13N3/c1-2-6-3-4-8(10)7(5-6)9(11)12/h3-5H,2,10H2,1H3,(H3,11,12). The van der Waals surface area contributed by atoms with Crippen molar-refractivity contribution in [2.24, 2.45) is 5.73 Å². The molecular formula is C9H13N3. The lowest BCUT2D eigenvalue weighted by atomic mass is 10.1. The zero-order valence-electron chi connectivity index (χ0n) is 7.09. The second kappa shape index (κ2) is 3.26. The highest BCUT2D eigenvalue weighted by Gasteiger charge is 2.02. The molecule has 0 aliphatic carbocycles. The molecule has 5 N–H and O–H groups in total. The lowest BCUT2D eigenvalue weighted by Crippen LogP contribution is -2.13. The molecule has 0 unspecified atom stereocenters. The van der Waals surface area contributed by atoms with Gasteiger partial charge in [-0.1, -0.05) is 13.0 Å². The maximum Gasteiger partial charge on any atom is 0.124 e. The first-order valence-corrected chi connectivity index (χ1v) is 3.88. The Labute approximate surface area is 71.9 Å². The number of anilines is 1. The first-order valence-electron chi connectivity index (χ1n) is 3.88. The first kappa shape index (κ1) is 8.59. The molecule has 0 saturated heterocycles. The average molecular weight is 163 g/mol. The fourth-order valence-electron chi connectivity index (χ4n) is 1.06. The molecule has 3 nitrogen and oxygen atoms in total. The van der Waals surface area contributed by atoms with Gasteiger partial charge in [0.15, 0.2) is 0 Å². The Bertz CT molecular complexity index is 305. The summed E-state index contributed by atoms with van der Waals surface area (Å²) >= 11 is 0. The van der Waals surface area contributed by atoms with Gasteiger partial charge in [-0.15, -0.1) is 0 Å². The summed E-state index contributed by atoms with van der Waals surface area (Å²) in [5, 5.41) is 7.25. The van der Waals surface area contributed by atoms with E-state index in [0.29, 0.717) is 11.3 Å². The van der Waals surface area contributed by atoms with Crippen molar-refractivity contribution in [1.29, 1.82) is 5.41 Å². The summed E-state index contributed by atoms with van der Waals surface area (Å²) in [5.41, 5.74) is 13.3. The van der Waals surface area contributed by atoms with Crippen LogP contribution in [0, 0.1) is 5.41 Å². The van der Waals surface area contributed by atoms with Crippen molar-refractivity contribution in [2.75, 3.05) is 5.73 Å². The van der Waals surface area contributed by atoms with Gasteiger partial charge in [0.1, 0.15) is 5.84 Å². The van der Waals surface area contributed by atoms with E-state index in [0.717, 1.165) is 12.0 Å². The maximum absolute atomic E-state index is 7.25. The Morgan fingerprint density at radius 1 is 1.50 bits per heavy atom. The Hall–Kier alpha value is -1.51. The van der Waals surface area contributed by atoms with Crippen LogP contribution in [0.5, 0.6) is 0 Å². The van der Waals surface area contributed by atoms with Crippen LogP contribution in [0.1, 0.15) is 18.1 Å². The Balaban J connectivity index is 3.17. The van der Waals surface area contributed by atoms with Gasteiger partial charge in [-0.2, -0.15) is 0 Å². The van der Waals surface area contributed by atoms with Gasteiger partial charge in [-0.25, -0.2) is 0 Å². The molecule has 1 aromatic carbocycles. The predicted octanol–water partition coefficient (Wildman–Crippen LogP) is 1.12. The molecule has 0 radical (unpaired) electrons. The Kier molecular flexibility index (Phi) is 2.33. The molecule has 0 fully saturated rings. The van der Waals surface area contributed by atoms with Crippen LogP contribution in [0.4, 0.5) is 5.69 Å². The van der Waals surface area contributed by atoms with E-state index in [4.69, 9.17) is 16.9 Å². The van der Waals surface area contributed by atoms with Gasteiger partial charge < -0.3 is 11.5 Å². The summed E-state index contributed by atoms with van der Waals surface area (Å²) < 4.78 is 0. The number of hydrogen-bond donors (Lipinski definition) is 3. The Morgan fingerprint density at radius 3 is 2.67 bits per heavy atom. The molecule has 0 heterocycles. The largest absolute Gasteiger partial charge is 0.398 e. The molecule has 0 aliphatic heterocycles. The van der Waals surface area contributed by atoms with E-state index < -0.39 is 0 Å². The smallest absolute Gasteiger partial charge is 0.124 e. The van der Waals surface area contributed by atoms with Crippen molar-refractivity contribution in [3.8, 4) is 0 Å². The number of rotatable bonds is 2. The monoisotopic (exact) mass is 163 g/mol. The fourth-order valence-corrected chi connectivity index (χ4v) is 1.06. The molecule has 64 valence electrons. The van der Waals surface area contributed by atoms with Gasteiger partial charge in [-0.05, 0) is 24.1 Å². The predicted molar refractivity (Wildman–Crippen MR) is 51.2 cm³/mol. The number of nitrogens with two attached hydrogens (primary N) is 2. The van der Waals surface area contributed by atoms with Crippen LogP contribution in [0.3, 0.4) is 0 Å². The molecule has 0 amide bonds. The summed E-state index contributed by atoms with van der Waals surface area (Å²) in [6.07, 6.45) is 0.931. The van der Waals surface area contributed by atoms with Crippen LogP contribution >= 0.6 is 0 Å². The third kappa shape index (κ3) is 1.56. The lowest BCUT2D eigenvalue weighted by Gasteiger charge is -2.05. The fraction of sp³-hybridized carbons (Fsp3) is 0.222. The molecule has 0 bridgehead atoms. The molecule has 0 saturated carbocycles. The zero-order chi connectivity index (χ0) is 9.14. The first-order chi connectivity index (χ1) is 5.65. The highest BCUT2D eigenvalue weighted by atomic mass is 14.7. The van der Waals surface area contributed by atoms with Crippen LogP contribution in [0.25, 0.3) is 0 Å². The summed E-state index contributed by atoms with van der Waals surface area (Å²) in [7, 11) is 0. The molecule has 3 heteroatoms. The van der Waals surface area contributed by atoms with E-state index in [-0.39, 0.29) is 5.84 Å². The molecule has 12 heavy (non-hydrogen) atoms. The number of nitrogens with one attached hydrogen (secondary N) is 1. The number of amidine groups is 1. The molecular weight excluding hydrogens is 150 g/mol. The molecule has 1 aromatic rings. The van der Waals surface area contributed by atoms with E-state index >= 15 is 0 Å². The minimum atomic E-state index is 0.0304. The van der Waals surface area contributed by atoms with Gasteiger partial charge in [0.25, 0.3) is 0 Å². The summed E-state index contributed by atoms with van der Waals surface area (Å²) in [4.78, 5) is 0. The van der Waals surface area contributed by atoms with Gasteiger partial charge in [-0.3, -0.25) is 5.41 Å². The van der Waals surface area contributed by atoms with Crippen molar-refractivity contribution in [1.82, 2.24) is 0 Å². The number of nitrogen functional groups attached to an aromatic ring is 2. The SMILES string of the molecule is CCc1ccc(N)c(C(=N)N)c1. The van der Waals surface area contributed by atoms with Gasteiger partial charge in [0.05, 0.1) is 0 Å². The van der Waals surface area contributed by atoms with Crippen LogP contribution < -0.4 is 11.5 Å². The molecule has 1 rings (SSSR count). The van der Waals surface area contributed by atoms with Crippen molar-refractivity contribution in [2.45, 2.75) is 13.3 Å². The van der Waals surface area contributed by atoms with E-state index in [2.05, 4.69) is 6.92 Å². The minimum absolute atomic E-state index is 0.0304. The second-order valence-electron chi connectivity index (χ2n) is 2.69. The third-order valence-corrected chi connectivity index (χ3v) is 1.82. The second-order valence-corrected chi connectivity index (χ2v) is 2.69. The van der Waals surface area contributed by atoms with Gasteiger partial charge in [0, 0.05) is 11.3 Å². The van der Waals surface area contributed by atoms with Crippen LogP contribution in [0.15, 0.2) is 18.2 Å². The van der Waals surface area contributed by atoms with Crippen molar-refractivity contribution in [3.63, 3.8) is 0 Å². The molecule has 0 spiro atoms. The van der Waals surface area contributed by atoms with Crippen molar-refractivity contribution >= 4 is 11.5 Å². The topological polar surface area (TPSA) is 75.9 Å². The number of hydrogen-bond acceptors (Lipinski definition) is 2. The van der Waals surface area contributed by atoms with E-state index in [1.807, 2.05) is 12.1 Å². The molecule has 0 aromatic heterocycles.